The Hall–Kier alpha value is -1.29. The molecule has 0 saturated heterocycles. The Morgan fingerprint density at radius 2 is 2.00 bits per heavy atom. The lowest BCUT2D eigenvalue weighted by Gasteiger charge is -2.20. The van der Waals surface area contributed by atoms with Crippen LogP contribution in [-0.4, -0.2) is 15.2 Å². The molecular formula is C15H18N2OS. The predicted molar refractivity (Wildman–Crippen MR) is 80.5 cm³/mol. The number of thioether (sulfide) groups is 1. The summed E-state index contributed by atoms with van der Waals surface area (Å²) >= 11 is 1.94. The Balaban J connectivity index is 1.75. The molecule has 1 aliphatic carbocycles. The van der Waals surface area contributed by atoms with E-state index < -0.39 is 0 Å². The molecule has 1 aromatic heterocycles. The van der Waals surface area contributed by atoms with Gasteiger partial charge in [-0.2, -0.15) is 11.8 Å². The second kappa shape index (κ2) is 5.78. The van der Waals surface area contributed by atoms with Crippen molar-refractivity contribution in [2.75, 3.05) is 0 Å². The van der Waals surface area contributed by atoms with Crippen molar-refractivity contribution < 1.29 is 0 Å². The van der Waals surface area contributed by atoms with E-state index in [4.69, 9.17) is 0 Å². The highest BCUT2D eigenvalue weighted by Crippen LogP contribution is 2.29. The fraction of sp³-hybridized carbons (Fsp3) is 0.467. The van der Waals surface area contributed by atoms with E-state index in [1.54, 1.807) is 0 Å². The number of fused-ring (bicyclic) bond motifs is 1. The van der Waals surface area contributed by atoms with Crippen LogP contribution in [0.25, 0.3) is 10.9 Å². The van der Waals surface area contributed by atoms with Crippen LogP contribution in [-0.2, 0) is 5.75 Å². The summed E-state index contributed by atoms with van der Waals surface area (Å²) in [5.74, 6) is 1.62. The summed E-state index contributed by atoms with van der Waals surface area (Å²) in [5.41, 5.74) is 0.773. The molecule has 4 heteroatoms. The Kier molecular flexibility index (Phi) is 3.87. The summed E-state index contributed by atoms with van der Waals surface area (Å²) in [6, 6.07) is 7.51. The Labute approximate surface area is 116 Å². The maximum atomic E-state index is 11.9. The van der Waals surface area contributed by atoms with Gasteiger partial charge in [-0.05, 0) is 25.0 Å². The Bertz CT molecular complexity index is 617. The number of aromatic amines is 1. The van der Waals surface area contributed by atoms with Gasteiger partial charge in [0.25, 0.3) is 5.56 Å². The van der Waals surface area contributed by atoms with Gasteiger partial charge in [-0.25, -0.2) is 4.98 Å². The third-order valence-corrected chi connectivity index (χ3v) is 5.05. The summed E-state index contributed by atoms with van der Waals surface area (Å²) in [4.78, 5) is 19.4. The number of nitrogens with one attached hydrogen (secondary N) is 1. The van der Waals surface area contributed by atoms with Crippen LogP contribution in [0.4, 0.5) is 0 Å². The molecular weight excluding hydrogens is 256 g/mol. The molecule has 0 atom stereocenters. The summed E-state index contributed by atoms with van der Waals surface area (Å²) in [5, 5.41) is 1.42. The van der Waals surface area contributed by atoms with Crippen molar-refractivity contribution in [2.24, 2.45) is 0 Å². The molecule has 0 unspecified atom stereocenters. The van der Waals surface area contributed by atoms with Crippen LogP contribution in [0.5, 0.6) is 0 Å². The molecule has 1 N–H and O–H groups in total. The minimum absolute atomic E-state index is 0.0233. The molecule has 1 aliphatic rings. The average Bonchev–Trinajstić information content (AvgIpc) is 2.46. The lowest BCUT2D eigenvalue weighted by Crippen LogP contribution is -2.13. The van der Waals surface area contributed by atoms with Gasteiger partial charge in [-0.3, -0.25) is 4.79 Å². The van der Waals surface area contributed by atoms with E-state index in [-0.39, 0.29) is 5.56 Å². The fourth-order valence-electron chi connectivity index (χ4n) is 2.63. The van der Waals surface area contributed by atoms with Crippen LogP contribution in [0.3, 0.4) is 0 Å². The minimum atomic E-state index is -0.0233. The van der Waals surface area contributed by atoms with Gasteiger partial charge in [0.05, 0.1) is 16.7 Å². The second-order valence-corrected chi connectivity index (χ2v) is 6.39. The average molecular weight is 274 g/mol. The zero-order chi connectivity index (χ0) is 13.1. The zero-order valence-corrected chi connectivity index (χ0v) is 11.7. The van der Waals surface area contributed by atoms with Crippen molar-refractivity contribution >= 4 is 22.7 Å². The zero-order valence-electron chi connectivity index (χ0n) is 10.9. The number of para-hydroxylation sites is 1. The van der Waals surface area contributed by atoms with Crippen LogP contribution in [0.15, 0.2) is 29.1 Å². The molecule has 0 radical (unpaired) electrons. The van der Waals surface area contributed by atoms with E-state index in [1.165, 1.54) is 32.1 Å². The first-order valence-corrected chi connectivity index (χ1v) is 7.97. The molecule has 3 rings (SSSR count). The van der Waals surface area contributed by atoms with Gasteiger partial charge < -0.3 is 4.98 Å². The number of rotatable bonds is 3. The highest BCUT2D eigenvalue weighted by molar-refractivity contribution is 7.99. The topological polar surface area (TPSA) is 45.8 Å². The lowest BCUT2D eigenvalue weighted by atomic mass is 10.0. The molecule has 1 fully saturated rings. The fourth-order valence-corrected chi connectivity index (χ4v) is 3.83. The largest absolute Gasteiger partial charge is 0.309 e. The van der Waals surface area contributed by atoms with Gasteiger partial charge in [-0.1, -0.05) is 31.4 Å². The van der Waals surface area contributed by atoms with Crippen molar-refractivity contribution in [3.63, 3.8) is 0 Å². The van der Waals surface area contributed by atoms with Gasteiger partial charge >= 0.3 is 0 Å². The Morgan fingerprint density at radius 1 is 1.21 bits per heavy atom. The first kappa shape index (κ1) is 12.7. The highest BCUT2D eigenvalue weighted by atomic mass is 32.2. The maximum Gasteiger partial charge on any atom is 0.258 e. The minimum Gasteiger partial charge on any atom is -0.309 e. The third kappa shape index (κ3) is 3.00. The number of nitrogens with zero attached hydrogens (tertiary/aromatic N) is 1. The molecule has 3 nitrogen and oxygen atoms in total. The highest BCUT2D eigenvalue weighted by Gasteiger charge is 2.14. The summed E-state index contributed by atoms with van der Waals surface area (Å²) < 4.78 is 0. The molecule has 1 aromatic carbocycles. The quantitative estimate of drug-likeness (QED) is 0.932. The van der Waals surface area contributed by atoms with Crippen molar-refractivity contribution in [3.8, 4) is 0 Å². The number of H-pyrrole nitrogens is 1. The number of hydrogen-bond donors (Lipinski definition) is 1. The lowest BCUT2D eigenvalue weighted by molar-refractivity contribution is 0.516. The maximum absolute atomic E-state index is 11.9. The predicted octanol–water partition coefficient (Wildman–Crippen LogP) is 3.49. The van der Waals surface area contributed by atoms with E-state index in [9.17, 15) is 4.79 Å². The van der Waals surface area contributed by atoms with Crippen molar-refractivity contribution in [3.05, 3.63) is 40.4 Å². The van der Waals surface area contributed by atoms with Gasteiger partial charge in [0.1, 0.15) is 5.82 Å². The number of hydrogen-bond acceptors (Lipinski definition) is 3. The van der Waals surface area contributed by atoms with E-state index in [1.807, 2.05) is 36.0 Å². The van der Waals surface area contributed by atoms with Crippen molar-refractivity contribution in [1.82, 2.24) is 9.97 Å². The molecule has 100 valence electrons. The number of benzene rings is 1. The summed E-state index contributed by atoms with van der Waals surface area (Å²) in [6.07, 6.45) is 6.69. The van der Waals surface area contributed by atoms with E-state index in [0.717, 1.165) is 22.3 Å². The van der Waals surface area contributed by atoms with E-state index >= 15 is 0 Å². The molecule has 1 saturated carbocycles. The van der Waals surface area contributed by atoms with Crippen LogP contribution in [0.1, 0.15) is 37.9 Å². The molecule has 0 aliphatic heterocycles. The summed E-state index contributed by atoms with van der Waals surface area (Å²) in [7, 11) is 0. The third-order valence-electron chi connectivity index (χ3n) is 3.67. The number of aromatic nitrogens is 2. The van der Waals surface area contributed by atoms with Gasteiger partial charge in [-0.15, -0.1) is 0 Å². The van der Waals surface area contributed by atoms with E-state index in [0.29, 0.717) is 5.39 Å². The van der Waals surface area contributed by atoms with Crippen LogP contribution < -0.4 is 5.56 Å². The summed E-state index contributed by atoms with van der Waals surface area (Å²) in [6.45, 7) is 0. The molecule has 1 heterocycles. The molecule has 19 heavy (non-hydrogen) atoms. The van der Waals surface area contributed by atoms with Crippen LogP contribution in [0.2, 0.25) is 0 Å². The van der Waals surface area contributed by atoms with Crippen molar-refractivity contribution in [1.29, 1.82) is 0 Å². The van der Waals surface area contributed by atoms with E-state index in [2.05, 4.69) is 9.97 Å². The monoisotopic (exact) mass is 274 g/mol. The van der Waals surface area contributed by atoms with Crippen LogP contribution in [0, 0.1) is 0 Å². The molecule has 0 bridgehead atoms. The van der Waals surface area contributed by atoms with Gasteiger partial charge in [0.15, 0.2) is 0 Å². The Morgan fingerprint density at radius 3 is 2.84 bits per heavy atom. The van der Waals surface area contributed by atoms with Gasteiger partial charge in [0.2, 0.25) is 0 Å². The van der Waals surface area contributed by atoms with Crippen molar-refractivity contribution in [2.45, 2.75) is 43.1 Å². The van der Waals surface area contributed by atoms with Crippen LogP contribution >= 0.6 is 11.8 Å². The standard InChI is InChI=1S/C15H18N2OS/c18-15-12-8-4-5-9-13(12)16-14(17-15)10-19-11-6-2-1-3-7-11/h4-5,8-9,11H,1-3,6-7,10H2,(H,16,17,18). The first-order valence-electron chi connectivity index (χ1n) is 6.92. The second-order valence-electron chi connectivity index (χ2n) is 5.10. The smallest absolute Gasteiger partial charge is 0.258 e. The SMILES string of the molecule is O=c1[nH]c(CSC2CCCCC2)nc2ccccc12. The van der Waals surface area contributed by atoms with Gasteiger partial charge in [0, 0.05) is 5.25 Å². The molecule has 0 spiro atoms. The normalized spacial score (nSPS) is 16.8. The molecule has 0 amide bonds. The molecule has 2 aromatic rings. The first-order chi connectivity index (χ1) is 9.33.